The van der Waals surface area contributed by atoms with Crippen LogP contribution in [0.5, 0.6) is 0 Å². The van der Waals surface area contributed by atoms with E-state index in [1.54, 1.807) is 0 Å². The molecule has 21 heavy (non-hydrogen) atoms. The standard InChI is InChI=1S/C14H18FN3O3/c1-2-3-9-6-7-17(8-9)14(19)12-10(15)4-5-11(13(12)16)18(20)21/h4-5,9H,2-3,6-8,16H2,1H3. The fourth-order valence-electron chi connectivity index (χ4n) is 2.78. The number of nitrogens with two attached hydrogens (primary N) is 1. The third-order valence-electron chi connectivity index (χ3n) is 3.85. The van der Waals surface area contributed by atoms with Crippen LogP contribution in [0.1, 0.15) is 36.5 Å². The summed E-state index contributed by atoms with van der Waals surface area (Å²) >= 11 is 0. The molecule has 0 aromatic heterocycles. The molecule has 1 fully saturated rings. The number of hydrogen-bond donors (Lipinski definition) is 1. The molecule has 2 rings (SSSR count). The van der Waals surface area contributed by atoms with Gasteiger partial charge in [-0.1, -0.05) is 13.3 Å². The van der Waals surface area contributed by atoms with Crippen molar-refractivity contribution < 1.29 is 14.1 Å². The van der Waals surface area contributed by atoms with Crippen molar-refractivity contribution in [1.29, 1.82) is 0 Å². The summed E-state index contributed by atoms with van der Waals surface area (Å²) in [5.74, 6) is -0.976. The number of carbonyl (C=O) groups excluding carboxylic acids is 1. The lowest BCUT2D eigenvalue weighted by Gasteiger charge is -2.18. The summed E-state index contributed by atoms with van der Waals surface area (Å²) in [6, 6.07) is 1.90. The number of anilines is 1. The largest absolute Gasteiger partial charge is 0.392 e. The van der Waals surface area contributed by atoms with Gasteiger partial charge in [0.15, 0.2) is 0 Å². The Morgan fingerprint density at radius 3 is 2.90 bits per heavy atom. The Labute approximate surface area is 121 Å². The molecule has 0 bridgehead atoms. The molecule has 1 aliphatic rings. The minimum atomic E-state index is -0.818. The van der Waals surface area contributed by atoms with Crippen molar-refractivity contribution in [3.63, 3.8) is 0 Å². The van der Waals surface area contributed by atoms with Crippen molar-refractivity contribution >= 4 is 17.3 Å². The van der Waals surface area contributed by atoms with Crippen LogP contribution in [0.4, 0.5) is 15.8 Å². The molecule has 1 amide bonds. The molecule has 1 aliphatic heterocycles. The highest BCUT2D eigenvalue weighted by atomic mass is 19.1. The normalized spacial score (nSPS) is 18.0. The average molecular weight is 295 g/mol. The van der Waals surface area contributed by atoms with E-state index in [-0.39, 0.29) is 5.56 Å². The van der Waals surface area contributed by atoms with Gasteiger partial charge >= 0.3 is 0 Å². The summed E-state index contributed by atoms with van der Waals surface area (Å²) in [4.78, 5) is 24.1. The number of nitrogen functional groups attached to an aromatic ring is 1. The van der Waals surface area contributed by atoms with Gasteiger partial charge < -0.3 is 10.6 Å². The lowest BCUT2D eigenvalue weighted by molar-refractivity contribution is -0.384. The molecule has 0 spiro atoms. The minimum absolute atomic E-state index is 0.388. The maximum absolute atomic E-state index is 13.9. The van der Waals surface area contributed by atoms with Crippen molar-refractivity contribution in [2.24, 2.45) is 5.92 Å². The Balaban J connectivity index is 2.28. The Morgan fingerprint density at radius 2 is 2.29 bits per heavy atom. The van der Waals surface area contributed by atoms with Gasteiger partial charge in [0.2, 0.25) is 0 Å². The van der Waals surface area contributed by atoms with Crippen molar-refractivity contribution in [2.75, 3.05) is 18.8 Å². The van der Waals surface area contributed by atoms with Crippen LogP contribution in [0.25, 0.3) is 0 Å². The van der Waals surface area contributed by atoms with Crippen molar-refractivity contribution in [3.05, 3.63) is 33.6 Å². The molecule has 1 unspecified atom stereocenters. The molecule has 0 saturated carbocycles. The third kappa shape index (κ3) is 2.96. The van der Waals surface area contributed by atoms with E-state index >= 15 is 0 Å². The van der Waals surface area contributed by atoms with Crippen LogP contribution in [0.15, 0.2) is 12.1 Å². The SMILES string of the molecule is CCCC1CCN(C(=O)c2c(F)ccc([N+](=O)[O-])c2N)C1. The first-order valence-electron chi connectivity index (χ1n) is 6.97. The van der Waals surface area contributed by atoms with Crippen LogP contribution >= 0.6 is 0 Å². The fraction of sp³-hybridized carbons (Fsp3) is 0.500. The number of rotatable bonds is 4. The summed E-state index contributed by atoms with van der Waals surface area (Å²) in [5, 5.41) is 10.8. The summed E-state index contributed by atoms with van der Waals surface area (Å²) in [7, 11) is 0. The number of nitro benzene ring substituents is 1. The Kier molecular flexibility index (Phi) is 4.40. The number of nitrogens with zero attached hydrogens (tertiary/aromatic N) is 2. The molecular formula is C14H18FN3O3. The van der Waals surface area contributed by atoms with Crippen molar-refractivity contribution in [3.8, 4) is 0 Å². The molecule has 1 saturated heterocycles. The summed E-state index contributed by atoms with van der Waals surface area (Å²) in [5.41, 5.74) is 4.39. The lowest BCUT2D eigenvalue weighted by atomic mass is 10.0. The van der Waals surface area contributed by atoms with Gasteiger partial charge in [-0.2, -0.15) is 0 Å². The Bertz CT molecular complexity index is 577. The molecule has 7 heteroatoms. The van der Waals surface area contributed by atoms with E-state index in [9.17, 15) is 19.3 Å². The number of carbonyl (C=O) groups is 1. The zero-order chi connectivity index (χ0) is 15.6. The summed E-state index contributed by atoms with van der Waals surface area (Å²) < 4.78 is 13.9. The molecule has 1 aromatic carbocycles. The van der Waals surface area contributed by atoms with Gasteiger partial charge in [0, 0.05) is 19.2 Å². The summed E-state index contributed by atoms with van der Waals surface area (Å²) in [6.45, 7) is 3.15. The van der Waals surface area contributed by atoms with E-state index in [4.69, 9.17) is 5.73 Å². The Morgan fingerprint density at radius 1 is 1.57 bits per heavy atom. The molecule has 6 nitrogen and oxygen atoms in total. The van der Waals surface area contributed by atoms with E-state index in [2.05, 4.69) is 6.92 Å². The predicted molar refractivity (Wildman–Crippen MR) is 76.4 cm³/mol. The third-order valence-corrected chi connectivity index (χ3v) is 3.85. The molecule has 0 aliphatic carbocycles. The molecule has 2 N–H and O–H groups in total. The van der Waals surface area contributed by atoms with Crippen LogP contribution in [0.3, 0.4) is 0 Å². The number of likely N-dealkylation sites (tertiary alicyclic amines) is 1. The van der Waals surface area contributed by atoms with E-state index in [0.29, 0.717) is 19.0 Å². The number of amides is 1. The number of halogens is 1. The van der Waals surface area contributed by atoms with E-state index < -0.39 is 28.0 Å². The van der Waals surface area contributed by atoms with Gasteiger partial charge in [0.25, 0.3) is 11.6 Å². The first kappa shape index (κ1) is 15.2. The first-order valence-corrected chi connectivity index (χ1v) is 6.97. The van der Waals surface area contributed by atoms with Gasteiger partial charge in [-0.05, 0) is 24.8 Å². The number of hydrogen-bond acceptors (Lipinski definition) is 4. The quantitative estimate of drug-likeness (QED) is 0.525. The smallest absolute Gasteiger partial charge is 0.293 e. The Hall–Kier alpha value is -2.18. The lowest BCUT2D eigenvalue weighted by Crippen LogP contribution is -2.30. The van der Waals surface area contributed by atoms with Gasteiger partial charge in [-0.25, -0.2) is 4.39 Å². The molecule has 1 atom stereocenters. The topological polar surface area (TPSA) is 89.5 Å². The zero-order valence-electron chi connectivity index (χ0n) is 11.8. The highest BCUT2D eigenvalue weighted by Crippen LogP contribution is 2.30. The van der Waals surface area contributed by atoms with Crippen LogP contribution in [-0.2, 0) is 0 Å². The predicted octanol–water partition coefficient (Wildman–Crippen LogP) is 2.58. The summed E-state index contributed by atoms with van der Waals surface area (Å²) in [6.07, 6.45) is 2.91. The highest BCUT2D eigenvalue weighted by Gasteiger charge is 2.31. The molecule has 1 heterocycles. The number of nitro groups is 1. The van der Waals surface area contributed by atoms with Crippen LogP contribution in [-0.4, -0.2) is 28.8 Å². The second-order valence-electron chi connectivity index (χ2n) is 5.31. The zero-order valence-corrected chi connectivity index (χ0v) is 11.8. The van der Waals surface area contributed by atoms with Crippen LogP contribution in [0.2, 0.25) is 0 Å². The molecular weight excluding hydrogens is 277 g/mol. The number of benzene rings is 1. The first-order chi connectivity index (χ1) is 9.95. The second-order valence-corrected chi connectivity index (χ2v) is 5.31. The molecule has 1 aromatic rings. The maximum Gasteiger partial charge on any atom is 0.293 e. The van der Waals surface area contributed by atoms with E-state index in [0.717, 1.165) is 31.4 Å². The fourth-order valence-corrected chi connectivity index (χ4v) is 2.78. The molecule has 0 radical (unpaired) electrons. The minimum Gasteiger partial charge on any atom is -0.392 e. The maximum atomic E-state index is 13.9. The van der Waals surface area contributed by atoms with E-state index in [1.807, 2.05) is 0 Å². The van der Waals surface area contributed by atoms with Gasteiger partial charge in [0.05, 0.1) is 4.92 Å². The molecule has 114 valence electrons. The van der Waals surface area contributed by atoms with Crippen molar-refractivity contribution in [1.82, 2.24) is 4.90 Å². The monoisotopic (exact) mass is 295 g/mol. The second kappa shape index (κ2) is 6.07. The highest BCUT2D eigenvalue weighted by molar-refractivity contribution is 6.01. The van der Waals surface area contributed by atoms with Crippen LogP contribution < -0.4 is 5.73 Å². The van der Waals surface area contributed by atoms with E-state index in [1.165, 1.54) is 4.90 Å². The van der Waals surface area contributed by atoms with Gasteiger partial charge in [-0.3, -0.25) is 14.9 Å². The van der Waals surface area contributed by atoms with Crippen molar-refractivity contribution in [2.45, 2.75) is 26.2 Å². The average Bonchev–Trinajstić information content (AvgIpc) is 2.87. The van der Waals surface area contributed by atoms with Gasteiger partial charge in [0.1, 0.15) is 17.1 Å². The van der Waals surface area contributed by atoms with Crippen LogP contribution in [0, 0.1) is 21.8 Å². The van der Waals surface area contributed by atoms with Gasteiger partial charge in [-0.15, -0.1) is 0 Å².